The molecule has 0 aromatic heterocycles. The van der Waals surface area contributed by atoms with Crippen molar-refractivity contribution in [1.29, 1.82) is 0 Å². The minimum Gasteiger partial charge on any atom is -0.309 e. The maximum Gasteiger partial charge on any atom is 0.0236 e. The Hall–Kier alpha value is -0.900. The summed E-state index contributed by atoms with van der Waals surface area (Å²) in [6.45, 7) is 7.98. The Labute approximate surface area is 131 Å². The second-order valence-corrected chi connectivity index (χ2v) is 6.52. The van der Waals surface area contributed by atoms with Crippen molar-refractivity contribution in [3.05, 3.63) is 35.4 Å². The lowest BCUT2D eigenvalue weighted by Crippen LogP contribution is -2.30. The third-order valence-electron chi connectivity index (χ3n) is 3.81. The van der Waals surface area contributed by atoms with E-state index in [0.29, 0.717) is 0 Å². The standard InChI is InChI=1S/C18H33N3/c1-17-10-6-7-11-18(17)16-21(14-8-12-19(2)3)15-9-13-20(4)5/h6-7,10-11H,8-9,12-16H2,1-5H3. The molecule has 1 rings (SSSR count). The number of benzene rings is 1. The van der Waals surface area contributed by atoms with E-state index in [9.17, 15) is 0 Å². The lowest BCUT2D eigenvalue weighted by molar-refractivity contribution is 0.233. The molecular weight excluding hydrogens is 258 g/mol. The first-order valence-electron chi connectivity index (χ1n) is 8.05. The van der Waals surface area contributed by atoms with Crippen molar-refractivity contribution in [2.75, 3.05) is 54.4 Å². The molecule has 0 aliphatic rings. The van der Waals surface area contributed by atoms with Gasteiger partial charge >= 0.3 is 0 Å². The summed E-state index contributed by atoms with van der Waals surface area (Å²) >= 11 is 0. The summed E-state index contributed by atoms with van der Waals surface area (Å²) in [6.07, 6.45) is 2.47. The summed E-state index contributed by atoms with van der Waals surface area (Å²) in [7, 11) is 8.60. The second kappa shape index (κ2) is 9.93. The highest BCUT2D eigenvalue weighted by atomic mass is 15.1. The normalized spacial score (nSPS) is 11.8. The maximum atomic E-state index is 2.61. The van der Waals surface area contributed by atoms with Crippen LogP contribution < -0.4 is 0 Å². The predicted octanol–water partition coefficient (Wildman–Crippen LogP) is 2.70. The van der Waals surface area contributed by atoms with Crippen molar-refractivity contribution in [3.63, 3.8) is 0 Å². The van der Waals surface area contributed by atoms with Gasteiger partial charge in [-0.25, -0.2) is 0 Å². The van der Waals surface area contributed by atoms with Gasteiger partial charge in [-0.3, -0.25) is 4.90 Å². The van der Waals surface area contributed by atoms with Gasteiger partial charge in [-0.05, 0) is 85.3 Å². The van der Waals surface area contributed by atoms with Gasteiger partial charge in [-0.2, -0.15) is 0 Å². The zero-order valence-corrected chi connectivity index (χ0v) is 14.6. The molecule has 0 spiro atoms. The number of aryl methyl sites for hydroxylation is 1. The van der Waals surface area contributed by atoms with Gasteiger partial charge in [0.15, 0.2) is 0 Å². The van der Waals surface area contributed by atoms with E-state index >= 15 is 0 Å². The van der Waals surface area contributed by atoms with Crippen LogP contribution in [-0.2, 0) is 6.54 Å². The van der Waals surface area contributed by atoms with Gasteiger partial charge < -0.3 is 9.80 Å². The molecule has 0 N–H and O–H groups in total. The molecule has 0 bridgehead atoms. The molecule has 0 atom stereocenters. The molecule has 120 valence electrons. The topological polar surface area (TPSA) is 9.72 Å². The van der Waals surface area contributed by atoms with Crippen molar-refractivity contribution >= 4 is 0 Å². The van der Waals surface area contributed by atoms with Crippen LogP contribution in [0.4, 0.5) is 0 Å². The molecule has 0 aliphatic heterocycles. The Bertz CT molecular complexity index is 374. The minimum absolute atomic E-state index is 1.08. The fourth-order valence-corrected chi connectivity index (χ4v) is 2.52. The summed E-state index contributed by atoms with van der Waals surface area (Å²) < 4.78 is 0. The molecule has 1 aromatic carbocycles. The number of nitrogens with zero attached hydrogens (tertiary/aromatic N) is 3. The molecule has 0 unspecified atom stereocenters. The molecule has 0 amide bonds. The number of hydrogen-bond acceptors (Lipinski definition) is 3. The zero-order valence-electron chi connectivity index (χ0n) is 14.6. The Morgan fingerprint density at radius 2 is 1.29 bits per heavy atom. The molecule has 0 heterocycles. The van der Waals surface area contributed by atoms with Gasteiger partial charge in [0, 0.05) is 6.54 Å². The quantitative estimate of drug-likeness (QED) is 0.656. The van der Waals surface area contributed by atoms with Crippen molar-refractivity contribution < 1.29 is 0 Å². The van der Waals surface area contributed by atoms with Gasteiger partial charge in [-0.1, -0.05) is 24.3 Å². The first-order chi connectivity index (χ1) is 9.99. The minimum atomic E-state index is 1.08. The molecule has 3 nitrogen and oxygen atoms in total. The molecule has 21 heavy (non-hydrogen) atoms. The van der Waals surface area contributed by atoms with Crippen molar-refractivity contribution in [3.8, 4) is 0 Å². The highest BCUT2D eigenvalue weighted by Crippen LogP contribution is 2.11. The van der Waals surface area contributed by atoms with Crippen LogP contribution >= 0.6 is 0 Å². The predicted molar refractivity (Wildman–Crippen MR) is 92.8 cm³/mol. The largest absolute Gasteiger partial charge is 0.309 e. The number of hydrogen-bond donors (Lipinski definition) is 0. The van der Waals surface area contributed by atoms with Gasteiger partial charge in [-0.15, -0.1) is 0 Å². The molecular formula is C18H33N3. The van der Waals surface area contributed by atoms with Crippen LogP contribution in [0, 0.1) is 6.92 Å². The molecule has 3 heteroatoms. The molecule has 0 saturated carbocycles. The van der Waals surface area contributed by atoms with Crippen LogP contribution in [0.1, 0.15) is 24.0 Å². The fraction of sp³-hybridized carbons (Fsp3) is 0.667. The smallest absolute Gasteiger partial charge is 0.0236 e. The fourth-order valence-electron chi connectivity index (χ4n) is 2.52. The SMILES string of the molecule is Cc1ccccc1CN(CCCN(C)C)CCCN(C)C. The van der Waals surface area contributed by atoms with Crippen LogP contribution in [0.2, 0.25) is 0 Å². The molecule has 0 fully saturated rings. The first kappa shape index (κ1) is 18.1. The van der Waals surface area contributed by atoms with Crippen LogP contribution in [0.15, 0.2) is 24.3 Å². The summed E-state index contributed by atoms with van der Waals surface area (Å²) in [5.74, 6) is 0. The maximum absolute atomic E-state index is 2.61. The molecule has 0 saturated heterocycles. The Kier molecular flexibility index (Phi) is 8.58. The van der Waals surface area contributed by atoms with E-state index in [4.69, 9.17) is 0 Å². The zero-order chi connectivity index (χ0) is 15.7. The molecule has 1 aromatic rings. The Morgan fingerprint density at radius 3 is 1.76 bits per heavy atom. The summed E-state index contributed by atoms with van der Waals surface area (Å²) in [6, 6.07) is 8.76. The van der Waals surface area contributed by atoms with E-state index in [2.05, 4.69) is 74.1 Å². The van der Waals surface area contributed by atoms with Gasteiger partial charge in [0.25, 0.3) is 0 Å². The van der Waals surface area contributed by atoms with Crippen LogP contribution in [0.25, 0.3) is 0 Å². The molecule has 0 aliphatic carbocycles. The third kappa shape index (κ3) is 8.20. The van der Waals surface area contributed by atoms with E-state index < -0.39 is 0 Å². The van der Waals surface area contributed by atoms with E-state index in [0.717, 1.165) is 19.6 Å². The second-order valence-electron chi connectivity index (χ2n) is 6.52. The average molecular weight is 291 g/mol. The van der Waals surface area contributed by atoms with E-state index in [-0.39, 0.29) is 0 Å². The highest BCUT2D eigenvalue weighted by molar-refractivity contribution is 5.25. The van der Waals surface area contributed by atoms with E-state index in [1.54, 1.807) is 0 Å². The van der Waals surface area contributed by atoms with Gasteiger partial charge in [0.05, 0.1) is 0 Å². The summed E-state index contributed by atoms with van der Waals surface area (Å²) in [5, 5.41) is 0. The van der Waals surface area contributed by atoms with Crippen molar-refractivity contribution in [2.45, 2.75) is 26.3 Å². The van der Waals surface area contributed by atoms with Crippen LogP contribution in [-0.4, -0.2) is 69.1 Å². The summed E-state index contributed by atoms with van der Waals surface area (Å²) in [5.41, 5.74) is 2.87. The summed E-state index contributed by atoms with van der Waals surface area (Å²) in [4.78, 5) is 7.15. The van der Waals surface area contributed by atoms with Crippen molar-refractivity contribution in [2.24, 2.45) is 0 Å². The van der Waals surface area contributed by atoms with E-state index in [1.807, 2.05) is 0 Å². The Balaban J connectivity index is 2.51. The lowest BCUT2D eigenvalue weighted by atomic mass is 10.1. The van der Waals surface area contributed by atoms with Gasteiger partial charge in [0.1, 0.15) is 0 Å². The highest BCUT2D eigenvalue weighted by Gasteiger charge is 2.08. The molecule has 0 radical (unpaired) electrons. The lowest BCUT2D eigenvalue weighted by Gasteiger charge is -2.24. The monoisotopic (exact) mass is 291 g/mol. The first-order valence-corrected chi connectivity index (χ1v) is 8.05. The Morgan fingerprint density at radius 1 is 0.762 bits per heavy atom. The van der Waals surface area contributed by atoms with E-state index in [1.165, 1.54) is 37.1 Å². The van der Waals surface area contributed by atoms with Gasteiger partial charge in [0.2, 0.25) is 0 Å². The average Bonchev–Trinajstić information content (AvgIpc) is 2.40. The van der Waals surface area contributed by atoms with Crippen molar-refractivity contribution in [1.82, 2.24) is 14.7 Å². The third-order valence-corrected chi connectivity index (χ3v) is 3.81. The number of rotatable bonds is 10. The van der Waals surface area contributed by atoms with Crippen LogP contribution in [0.3, 0.4) is 0 Å². The van der Waals surface area contributed by atoms with Crippen LogP contribution in [0.5, 0.6) is 0 Å².